The lowest BCUT2D eigenvalue weighted by atomic mass is 9.93. The summed E-state index contributed by atoms with van der Waals surface area (Å²) in [4.78, 5) is 10.6. The fourth-order valence-electron chi connectivity index (χ4n) is 2.71. The number of nitrogen functional groups attached to an aromatic ring is 1. The zero-order valence-corrected chi connectivity index (χ0v) is 14.0. The van der Waals surface area contributed by atoms with Crippen LogP contribution >= 0.6 is 11.8 Å². The van der Waals surface area contributed by atoms with Crippen LogP contribution in [0.1, 0.15) is 31.2 Å². The van der Waals surface area contributed by atoms with Crippen molar-refractivity contribution < 1.29 is 5.11 Å². The molecule has 1 heterocycles. The first-order valence-corrected chi connectivity index (χ1v) is 8.73. The van der Waals surface area contributed by atoms with Crippen LogP contribution in [0.5, 0.6) is 0 Å². The van der Waals surface area contributed by atoms with Gasteiger partial charge in [-0.25, -0.2) is 4.98 Å². The van der Waals surface area contributed by atoms with Crippen LogP contribution in [0.3, 0.4) is 0 Å². The Bertz CT molecular complexity index is 654. The summed E-state index contributed by atoms with van der Waals surface area (Å²) < 4.78 is 0. The largest absolute Gasteiger partial charge is 0.393 e. The van der Waals surface area contributed by atoms with Gasteiger partial charge in [-0.15, -0.1) is 0 Å². The van der Waals surface area contributed by atoms with Crippen LogP contribution in [0.2, 0.25) is 0 Å². The Morgan fingerprint density at radius 1 is 1.17 bits per heavy atom. The van der Waals surface area contributed by atoms with Gasteiger partial charge in [-0.3, -0.25) is 0 Å². The van der Waals surface area contributed by atoms with Crippen LogP contribution in [0.15, 0.2) is 40.3 Å². The maximum absolute atomic E-state index is 9.63. The SMILES string of the molecule is Cc1ccc(Sc2cnc(N)nc2NC2CCC(O)CC2)cc1. The Hall–Kier alpha value is -1.79. The van der Waals surface area contributed by atoms with Gasteiger partial charge in [0.15, 0.2) is 0 Å². The summed E-state index contributed by atoms with van der Waals surface area (Å²) in [6.45, 7) is 2.07. The Morgan fingerprint density at radius 3 is 2.57 bits per heavy atom. The van der Waals surface area contributed by atoms with E-state index in [9.17, 15) is 5.11 Å². The maximum Gasteiger partial charge on any atom is 0.221 e. The molecule has 0 aliphatic heterocycles. The number of anilines is 2. The van der Waals surface area contributed by atoms with Gasteiger partial charge in [0.05, 0.1) is 11.0 Å². The van der Waals surface area contributed by atoms with E-state index < -0.39 is 0 Å². The summed E-state index contributed by atoms with van der Waals surface area (Å²) in [5.74, 6) is 1.06. The molecule has 0 radical (unpaired) electrons. The molecule has 1 aliphatic carbocycles. The Morgan fingerprint density at radius 2 is 1.87 bits per heavy atom. The average molecular weight is 330 g/mol. The molecule has 0 atom stereocenters. The third kappa shape index (κ3) is 4.36. The molecule has 0 amide bonds. The van der Waals surface area contributed by atoms with Gasteiger partial charge >= 0.3 is 0 Å². The highest BCUT2D eigenvalue weighted by atomic mass is 32.2. The van der Waals surface area contributed by atoms with E-state index in [2.05, 4.69) is 46.5 Å². The van der Waals surface area contributed by atoms with Gasteiger partial charge in [-0.05, 0) is 44.7 Å². The number of aliphatic hydroxyl groups excluding tert-OH is 1. The topological polar surface area (TPSA) is 84.1 Å². The molecule has 0 spiro atoms. The molecule has 1 aromatic heterocycles. The number of hydrogen-bond acceptors (Lipinski definition) is 6. The Labute approximate surface area is 140 Å². The molecular weight excluding hydrogens is 308 g/mol. The summed E-state index contributed by atoms with van der Waals surface area (Å²) in [5.41, 5.74) is 6.99. The monoisotopic (exact) mass is 330 g/mol. The third-order valence-corrected chi connectivity index (χ3v) is 5.09. The number of benzene rings is 1. The number of rotatable bonds is 4. The molecule has 4 N–H and O–H groups in total. The van der Waals surface area contributed by atoms with Crippen molar-refractivity contribution in [2.24, 2.45) is 0 Å². The van der Waals surface area contributed by atoms with Crippen molar-refractivity contribution in [1.29, 1.82) is 0 Å². The van der Waals surface area contributed by atoms with E-state index in [-0.39, 0.29) is 12.1 Å². The van der Waals surface area contributed by atoms with Gasteiger partial charge in [0.2, 0.25) is 5.95 Å². The fourth-order valence-corrected chi connectivity index (χ4v) is 3.54. The van der Waals surface area contributed by atoms with Gasteiger partial charge in [-0.1, -0.05) is 29.5 Å². The van der Waals surface area contributed by atoms with E-state index in [0.29, 0.717) is 6.04 Å². The van der Waals surface area contributed by atoms with E-state index >= 15 is 0 Å². The number of nitrogens with zero attached hydrogens (tertiary/aromatic N) is 2. The normalized spacial score (nSPS) is 21.1. The molecule has 3 rings (SSSR count). The number of aliphatic hydroxyl groups is 1. The van der Waals surface area contributed by atoms with Gasteiger partial charge in [0, 0.05) is 17.1 Å². The number of nitrogens with one attached hydrogen (secondary N) is 1. The molecule has 23 heavy (non-hydrogen) atoms. The van der Waals surface area contributed by atoms with Crippen LogP contribution < -0.4 is 11.1 Å². The molecule has 6 heteroatoms. The number of aryl methyl sites for hydroxylation is 1. The van der Waals surface area contributed by atoms with Crippen molar-refractivity contribution in [3.63, 3.8) is 0 Å². The second-order valence-corrected chi connectivity index (χ2v) is 7.12. The van der Waals surface area contributed by atoms with Gasteiger partial charge < -0.3 is 16.2 Å². The lowest BCUT2D eigenvalue weighted by molar-refractivity contribution is 0.126. The second kappa shape index (κ2) is 7.19. The second-order valence-electron chi connectivity index (χ2n) is 6.01. The summed E-state index contributed by atoms with van der Waals surface area (Å²) >= 11 is 1.63. The molecule has 0 bridgehead atoms. The summed E-state index contributed by atoms with van der Waals surface area (Å²) in [6, 6.07) is 8.70. The molecule has 1 fully saturated rings. The van der Waals surface area contributed by atoms with E-state index in [1.165, 1.54) is 5.56 Å². The summed E-state index contributed by atoms with van der Waals surface area (Å²) in [7, 11) is 0. The van der Waals surface area contributed by atoms with Crippen LogP contribution in [0, 0.1) is 6.92 Å². The van der Waals surface area contributed by atoms with Crippen molar-refractivity contribution >= 4 is 23.5 Å². The van der Waals surface area contributed by atoms with Crippen molar-refractivity contribution in [3.05, 3.63) is 36.0 Å². The minimum Gasteiger partial charge on any atom is -0.393 e. The zero-order chi connectivity index (χ0) is 16.2. The fraction of sp³-hybridized carbons (Fsp3) is 0.412. The highest BCUT2D eigenvalue weighted by Gasteiger charge is 2.21. The summed E-state index contributed by atoms with van der Waals surface area (Å²) in [5, 5.41) is 13.1. The van der Waals surface area contributed by atoms with Crippen LogP contribution in [0.4, 0.5) is 11.8 Å². The molecule has 1 saturated carbocycles. The Balaban J connectivity index is 1.76. The maximum atomic E-state index is 9.63. The van der Waals surface area contributed by atoms with E-state index in [1.807, 2.05) is 0 Å². The van der Waals surface area contributed by atoms with E-state index in [1.54, 1.807) is 18.0 Å². The molecule has 2 aromatic rings. The summed E-state index contributed by atoms with van der Waals surface area (Å²) in [6.07, 6.45) is 5.16. The van der Waals surface area contributed by atoms with Crippen molar-refractivity contribution in [2.75, 3.05) is 11.1 Å². The first-order valence-electron chi connectivity index (χ1n) is 7.92. The minimum atomic E-state index is -0.162. The lowest BCUT2D eigenvalue weighted by Crippen LogP contribution is -2.28. The van der Waals surface area contributed by atoms with Crippen LogP contribution in [-0.4, -0.2) is 27.2 Å². The van der Waals surface area contributed by atoms with Gasteiger partial charge in [0.25, 0.3) is 0 Å². The molecular formula is C17H22N4OS. The van der Waals surface area contributed by atoms with Crippen molar-refractivity contribution in [2.45, 2.75) is 54.5 Å². The average Bonchev–Trinajstić information content (AvgIpc) is 2.54. The minimum absolute atomic E-state index is 0.162. The van der Waals surface area contributed by atoms with Crippen molar-refractivity contribution in [1.82, 2.24) is 9.97 Å². The number of nitrogens with two attached hydrogens (primary N) is 1. The van der Waals surface area contributed by atoms with E-state index in [4.69, 9.17) is 5.73 Å². The quantitative estimate of drug-likeness (QED) is 0.798. The third-order valence-electron chi connectivity index (χ3n) is 4.06. The number of hydrogen-bond donors (Lipinski definition) is 3. The molecule has 1 aliphatic rings. The molecule has 0 saturated heterocycles. The van der Waals surface area contributed by atoms with E-state index in [0.717, 1.165) is 41.3 Å². The molecule has 1 aromatic carbocycles. The predicted octanol–water partition coefficient (Wildman–Crippen LogP) is 3.23. The zero-order valence-electron chi connectivity index (χ0n) is 13.2. The first kappa shape index (κ1) is 16.1. The van der Waals surface area contributed by atoms with Crippen LogP contribution in [-0.2, 0) is 0 Å². The molecule has 0 unspecified atom stereocenters. The highest BCUT2D eigenvalue weighted by Crippen LogP contribution is 2.33. The standard InChI is InChI=1S/C17H22N4OS/c1-11-2-8-14(9-3-11)23-15-10-19-17(18)21-16(15)20-12-4-6-13(22)7-5-12/h2-3,8-10,12-13,22H,4-7H2,1H3,(H3,18,19,20,21). The first-order chi connectivity index (χ1) is 11.1. The number of aromatic nitrogens is 2. The highest BCUT2D eigenvalue weighted by molar-refractivity contribution is 7.99. The molecule has 5 nitrogen and oxygen atoms in total. The lowest BCUT2D eigenvalue weighted by Gasteiger charge is -2.27. The predicted molar refractivity (Wildman–Crippen MR) is 93.6 cm³/mol. The van der Waals surface area contributed by atoms with Crippen LogP contribution in [0.25, 0.3) is 0 Å². The smallest absolute Gasteiger partial charge is 0.221 e. The van der Waals surface area contributed by atoms with Gasteiger partial charge in [0.1, 0.15) is 5.82 Å². The van der Waals surface area contributed by atoms with Gasteiger partial charge in [-0.2, -0.15) is 4.98 Å². The molecule has 122 valence electrons. The Kier molecular flexibility index (Phi) is 5.03. The van der Waals surface area contributed by atoms with Crippen molar-refractivity contribution in [3.8, 4) is 0 Å².